The number of nitrogens with one attached hydrogen (secondary N) is 1. The summed E-state index contributed by atoms with van der Waals surface area (Å²) in [7, 11) is -3.87. The lowest BCUT2D eigenvalue weighted by Crippen LogP contribution is -2.43. The summed E-state index contributed by atoms with van der Waals surface area (Å²) in [5.41, 5.74) is 0.412. The molecule has 31 heavy (non-hydrogen) atoms. The summed E-state index contributed by atoms with van der Waals surface area (Å²) in [6.45, 7) is 0.219. The maximum atomic E-state index is 13.0. The second-order valence-corrected chi connectivity index (χ2v) is 9.92. The summed E-state index contributed by atoms with van der Waals surface area (Å²) in [4.78, 5) is 12.9. The van der Waals surface area contributed by atoms with Gasteiger partial charge >= 0.3 is 6.01 Å². The number of carbonyl (C=O) groups excluding carboxylic acids is 1. The van der Waals surface area contributed by atoms with Crippen molar-refractivity contribution in [3.63, 3.8) is 0 Å². The average Bonchev–Trinajstić information content (AvgIpc) is 3.40. The van der Waals surface area contributed by atoms with E-state index in [4.69, 9.17) is 39.2 Å². The van der Waals surface area contributed by atoms with Gasteiger partial charge in [0.2, 0.25) is 15.9 Å². The number of rotatable bonds is 5. The summed E-state index contributed by atoms with van der Waals surface area (Å²) in [5, 5.41) is 11.4. The van der Waals surface area contributed by atoms with Gasteiger partial charge in [-0.3, -0.25) is 10.1 Å². The van der Waals surface area contributed by atoms with E-state index in [1.165, 1.54) is 24.3 Å². The van der Waals surface area contributed by atoms with Crippen LogP contribution in [0.3, 0.4) is 0 Å². The van der Waals surface area contributed by atoms with Crippen molar-refractivity contribution in [2.45, 2.75) is 23.8 Å². The maximum Gasteiger partial charge on any atom is 0.322 e. The maximum absolute atomic E-state index is 13.0. The third-order valence-electron chi connectivity index (χ3n) is 4.74. The number of amides is 1. The Hall–Kier alpha value is -2.17. The Morgan fingerprint density at radius 2 is 1.77 bits per heavy atom. The Morgan fingerprint density at radius 1 is 1.06 bits per heavy atom. The fourth-order valence-corrected chi connectivity index (χ4v) is 5.42. The SMILES string of the molecule is O=C(Nc1nnc(-c2cc(Cl)ccc2Cl)o1)C1CCCN1S(=O)(=O)c1ccc(Cl)cc1. The number of nitrogens with zero attached hydrogens (tertiary/aromatic N) is 3. The van der Waals surface area contributed by atoms with Crippen LogP contribution in [0.4, 0.5) is 6.01 Å². The van der Waals surface area contributed by atoms with Crippen LogP contribution < -0.4 is 5.32 Å². The van der Waals surface area contributed by atoms with Crippen molar-refractivity contribution in [2.24, 2.45) is 0 Å². The highest BCUT2D eigenvalue weighted by Crippen LogP contribution is 2.31. The molecule has 1 atom stereocenters. The van der Waals surface area contributed by atoms with Gasteiger partial charge in [0.25, 0.3) is 5.89 Å². The minimum Gasteiger partial charge on any atom is -0.403 e. The van der Waals surface area contributed by atoms with Crippen LogP contribution in [0, 0.1) is 0 Å². The van der Waals surface area contributed by atoms with E-state index in [1.54, 1.807) is 18.2 Å². The van der Waals surface area contributed by atoms with Gasteiger partial charge in [-0.05, 0) is 55.3 Å². The molecular formula is C19H15Cl3N4O4S. The van der Waals surface area contributed by atoms with Gasteiger partial charge < -0.3 is 4.42 Å². The first-order chi connectivity index (χ1) is 14.8. The Balaban J connectivity index is 1.53. The van der Waals surface area contributed by atoms with Gasteiger partial charge in [-0.1, -0.05) is 39.9 Å². The number of benzene rings is 2. The van der Waals surface area contributed by atoms with Crippen LogP contribution in [0.1, 0.15) is 12.8 Å². The van der Waals surface area contributed by atoms with Gasteiger partial charge in [-0.2, -0.15) is 4.31 Å². The predicted octanol–water partition coefficient (Wildman–Crippen LogP) is 4.49. The molecule has 0 radical (unpaired) electrons. The molecule has 3 aromatic rings. The summed E-state index contributed by atoms with van der Waals surface area (Å²) < 4.78 is 32.6. The molecule has 0 aliphatic carbocycles. The van der Waals surface area contributed by atoms with Crippen LogP contribution in [0.25, 0.3) is 11.5 Å². The lowest BCUT2D eigenvalue weighted by atomic mass is 10.2. The van der Waals surface area contributed by atoms with Crippen LogP contribution in [0.2, 0.25) is 15.1 Å². The molecule has 2 aromatic carbocycles. The molecule has 0 saturated carbocycles. The van der Waals surface area contributed by atoms with Gasteiger partial charge in [0, 0.05) is 16.6 Å². The van der Waals surface area contributed by atoms with Crippen LogP contribution in [0.15, 0.2) is 51.8 Å². The monoisotopic (exact) mass is 500 g/mol. The number of hydrogen-bond acceptors (Lipinski definition) is 6. The van der Waals surface area contributed by atoms with E-state index in [2.05, 4.69) is 15.5 Å². The molecule has 0 spiro atoms. The minimum absolute atomic E-state index is 0.0623. The molecule has 1 aliphatic heterocycles. The molecule has 12 heteroatoms. The molecule has 8 nitrogen and oxygen atoms in total. The predicted molar refractivity (Wildman–Crippen MR) is 117 cm³/mol. The smallest absolute Gasteiger partial charge is 0.322 e. The van der Waals surface area contributed by atoms with E-state index < -0.39 is 22.0 Å². The van der Waals surface area contributed by atoms with Gasteiger partial charge in [0.15, 0.2) is 0 Å². The average molecular weight is 502 g/mol. The van der Waals surface area contributed by atoms with E-state index in [9.17, 15) is 13.2 Å². The van der Waals surface area contributed by atoms with Crippen molar-refractivity contribution >= 4 is 56.7 Å². The lowest BCUT2D eigenvalue weighted by molar-refractivity contribution is -0.119. The molecule has 4 rings (SSSR count). The number of anilines is 1. The van der Waals surface area contributed by atoms with Gasteiger partial charge in [-0.15, -0.1) is 5.10 Å². The van der Waals surface area contributed by atoms with Crippen LogP contribution in [-0.2, 0) is 14.8 Å². The first kappa shape index (κ1) is 22.0. The fraction of sp³-hybridized carbons (Fsp3) is 0.211. The molecule has 1 saturated heterocycles. The van der Waals surface area contributed by atoms with E-state index >= 15 is 0 Å². The zero-order valence-electron chi connectivity index (χ0n) is 15.8. The molecule has 1 aromatic heterocycles. The largest absolute Gasteiger partial charge is 0.403 e. The summed E-state index contributed by atoms with van der Waals surface area (Å²) in [6, 6.07) is 9.45. The highest BCUT2D eigenvalue weighted by Gasteiger charge is 2.40. The molecule has 1 aliphatic rings. The molecule has 1 amide bonds. The Morgan fingerprint density at radius 3 is 2.52 bits per heavy atom. The highest BCUT2D eigenvalue weighted by atomic mass is 35.5. The summed E-state index contributed by atoms with van der Waals surface area (Å²) >= 11 is 17.9. The van der Waals surface area contributed by atoms with Gasteiger partial charge in [0.05, 0.1) is 15.5 Å². The standard InChI is InChI=1S/C19H15Cl3N4O4S/c20-11-3-6-13(7-4-11)31(28,29)26-9-1-2-16(26)17(27)23-19-25-24-18(30-19)14-10-12(21)5-8-15(14)22/h3-8,10,16H,1-2,9H2,(H,23,25,27). The normalized spacial score (nSPS) is 17.1. The fourth-order valence-electron chi connectivity index (χ4n) is 3.26. The Kier molecular flexibility index (Phi) is 6.23. The minimum atomic E-state index is -3.87. The van der Waals surface area contributed by atoms with Gasteiger partial charge in [-0.25, -0.2) is 8.42 Å². The highest BCUT2D eigenvalue weighted by molar-refractivity contribution is 7.89. The van der Waals surface area contributed by atoms with Crippen LogP contribution >= 0.6 is 34.8 Å². The molecule has 1 fully saturated rings. The first-order valence-electron chi connectivity index (χ1n) is 9.13. The van der Waals surface area contributed by atoms with Crippen molar-refractivity contribution in [3.05, 3.63) is 57.5 Å². The van der Waals surface area contributed by atoms with Gasteiger partial charge in [0.1, 0.15) is 6.04 Å². The van der Waals surface area contributed by atoms with Crippen LogP contribution in [0.5, 0.6) is 0 Å². The van der Waals surface area contributed by atoms with Crippen LogP contribution in [-0.4, -0.2) is 41.4 Å². The van der Waals surface area contributed by atoms with Crippen molar-refractivity contribution in [1.29, 1.82) is 0 Å². The molecule has 2 heterocycles. The zero-order valence-corrected chi connectivity index (χ0v) is 18.8. The topological polar surface area (TPSA) is 105 Å². The van der Waals surface area contributed by atoms with Crippen molar-refractivity contribution < 1.29 is 17.6 Å². The lowest BCUT2D eigenvalue weighted by Gasteiger charge is -2.22. The molecule has 1 N–H and O–H groups in total. The molecule has 1 unspecified atom stereocenters. The van der Waals surface area contributed by atoms with Crippen molar-refractivity contribution in [2.75, 3.05) is 11.9 Å². The second kappa shape index (κ2) is 8.76. The van der Waals surface area contributed by atoms with E-state index in [0.717, 1.165) is 4.31 Å². The van der Waals surface area contributed by atoms with Crippen molar-refractivity contribution in [3.8, 4) is 11.5 Å². The van der Waals surface area contributed by atoms with Crippen molar-refractivity contribution in [1.82, 2.24) is 14.5 Å². The zero-order chi connectivity index (χ0) is 22.2. The number of halogens is 3. The molecule has 0 bridgehead atoms. The summed E-state index contributed by atoms with van der Waals surface area (Å²) in [6.07, 6.45) is 0.901. The van der Waals surface area contributed by atoms with E-state index in [1.807, 2.05) is 0 Å². The number of aromatic nitrogens is 2. The Bertz CT molecular complexity index is 1230. The number of hydrogen-bond donors (Lipinski definition) is 1. The quantitative estimate of drug-likeness (QED) is 0.552. The Labute approximate surface area is 193 Å². The van der Waals surface area contributed by atoms with E-state index in [-0.39, 0.29) is 23.3 Å². The van der Waals surface area contributed by atoms with E-state index in [0.29, 0.717) is 33.5 Å². The third-order valence-corrected chi connectivity index (χ3v) is 7.48. The number of sulfonamides is 1. The molecule has 162 valence electrons. The molecular weight excluding hydrogens is 487 g/mol. The summed E-state index contributed by atoms with van der Waals surface area (Å²) in [5.74, 6) is -0.498. The number of carbonyl (C=O) groups is 1. The first-order valence-corrected chi connectivity index (χ1v) is 11.7. The third kappa shape index (κ3) is 4.56. The second-order valence-electron chi connectivity index (χ2n) is 6.75.